The van der Waals surface area contributed by atoms with Crippen LogP contribution in [0.3, 0.4) is 0 Å². The molecule has 29 heavy (non-hydrogen) atoms. The number of carbonyl (C=O) groups is 1. The third-order valence-corrected chi connectivity index (χ3v) is 6.37. The molecule has 0 bridgehead atoms. The van der Waals surface area contributed by atoms with E-state index in [4.69, 9.17) is 0 Å². The average Bonchev–Trinajstić information content (AvgIpc) is 3.05. The van der Waals surface area contributed by atoms with E-state index in [9.17, 15) is 10.1 Å². The summed E-state index contributed by atoms with van der Waals surface area (Å²) in [5, 5.41) is 9.38. The van der Waals surface area contributed by atoms with Crippen molar-refractivity contribution < 1.29 is 4.79 Å². The summed E-state index contributed by atoms with van der Waals surface area (Å²) in [6.07, 6.45) is 8.41. The van der Waals surface area contributed by atoms with Gasteiger partial charge in [-0.05, 0) is 55.9 Å². The fourth-order valence-electron chi connectivity index (χ4n) is 4.86. The number of pyridine rings is 1. The maximum absolute atomic E-state index is 13.2. The SMILES string of the molecule is N#Cc1cccnc1N1CCC(C2CCCCCN2C(=O)c2ccccc2)CC1. The van der Waals surface area contributed by atoms with Gasteiger partial charge < -0.3 is 9.80 Å². The topological polar surface area (TPSA) is 60.2 Å². The molecule has 2 aromatic rings. The number of hydrogen-bond donors (Lipinski definition) is 0. The average molecular weight is 389 g/mol. The van der Waals surface area contributed by atoms with Gasteiger partial charge in [-0.25, -0.2) is 4.98 Å². The quantitative estimate of drug-likeness (QED) is 0.788. The molecule has 5 nitrogen and oxygen atoms in total. The second-order valence-electron chi connectivity index (χ2n) is 8.09. The van der Waals surface area contributed by atoms with Crippen molar-refractivity contribution in [2.75, 3.05) is 24.5 Å². The smallest absolute Gasteiger partial charge is 0.254 e. The molecule has 2 fully saturated rings. The van der Waals surface area contributed by atoms with Crippen molar-refractivity contribution in [3.8, 4) is 6.07 Å². The lowest BCUT2D eigenvalue weighted by atomic mass is 9.85. The van der Waals surface area contributed by atoms with Gasteiger partial charge in [-0.15, -0.1) is 0 Å². The Morgan fingerprint density at radius 2 is 1.76 bits per heavy atom. The zero-order chi connectivity index (χ0) is 20.1. The zero-order valence-corrected chi connectivity index (χ0v) is 16.8. The van der Waals surface area contributed by atoms with Crippen LogP contribution in [0.4, 0.5) is 5.82 Å². The largest absolute Gasteiger partial charge is 0.356 e. The van der Waals surface area contributed by atoms with Crippen LogP contribution in [-0.4, -0.2) is 41.5 Å². The Labute approximate surface area is 173 Å². The van der Waals surface area contributed by atoms with Crippen LogP contribution in [0, 0.1) is 17.2 Å². The van der Waals surface area contributed by atoms with Crippen LogP contribution < -0.4 is 4.90 Å². The maximum atomic E-state index is 13.2. The number of piperidine rings is 1. The number of likely N-dealkylation sites (tertiary alicyclic amines) is 1. The molecule has 2 aliphatic heterocycles. The number of hydrogen-bond acceptors (Lipinski definition) is 4. The van der Waals surface area contributed by atoms with Gasteiger partial charge >= 0.3 is 0 Å². The fourth-order valence-corrected chi connectivity index (χ4v) is 4.86. The highest BCUT2D eigenvalue weighted by Crippen LogP contribution is 2.32. The molecule has 0 aliphatic carbocycles. The normalized spacial score (nSPS) is 20.7. The molecular weight excluding hydrogens is 360 g/mol. The number of anilines is 1. The first-order valence-corrected chi connectivity index (χ1v) is 10.7. The van der Waals surface area contributed by atoms with E-state index in [1.807, 2.05) is 42.5 Å². The molecule has 2 saturated heterocycles. The lowest BCUT2D eigenvalue weighted by molar-refractivity contribution is 0.0588. The highest BCUT2D eigenvalue weighted by Gasteiger charge is 2.34. The standard InChI is InChI=1S/C24H28N4O/c25-18-21-10-7-14-26-23(21)27-16-12-19(13-17-27)22-11-5-2-6-15-28(22)24(29)20-8-3-1-4-9-20/h1,3-4,7-10,14,19,22H,2,5-6,11-13,15-17H2. The van der Waals surface area contributed by atoms with Crippen LogP contribution in [0.25, 0.3) is 0 Å². The predicted molar refractivity (Wildman–Crippen MR) is 114 cm³/mol. The van der Waals surface area contributed by atoms with Gasteiger partial charge in [0, 0.05) is 37.4 Å². The maximum Gasteiger partial charge on any atom is 0.254 e. The van der Waals surface area contributed by atoms with Crippen molar-refractivity contribution in [3.63, 3.8) is 0 Å². The zero-order valence-electron chi connectivity index (χ0n) is 16.8. The number of nitriles is 1. The number of aromatic nitrogens is 1. The second kappa shape index (κ2) is 9.09. The Balaban J connectivity index is 1.48. The van der Waals surface area contributed by atoms with Crippen LogP contribution in [0.15, 0.2) is 48.7 Å². The molecule has 0 radical (unpaired) electrons. The lowest BCUT2D eigenvalue weighted by Gasteiger charge is -2.41. The van der Waals surface area contributed by atoms with Gasteiger partial charge in [0.05, 0.1) is 5.56 Å². The summed E-state index contributed by atoms with van der Waals surface area (Å²) in [6.45, 7) is 2.64. The molecule has 1 unspecified atom stereocenters. The van der Waals surface area contributed by atoms with Crippen molar-refractivity contribution >= 4 is 11.7 Å². The molecule has 4 rings (SSSR count). The first-order chi connectivity index (χ1) is 14.3. The Morgan fingerprint density at radius 1 is 0.966 bits per heavy atom. The molecule has 0 saturated carbocycles. The van der Waals surface area contributed by atoms with Gasteiger partial charge in [-0.3, -0.25) is 4.79 Å². The molecule has 1 atom stereocenters. The lowest BCUT2D eigenvalue weighted by Crippen LogP contribution is -2.48. The molecule has 1 amide bonds. The Hall–Kier alpha value is -2.87. The number of benzene rings is 1. The van der Waals surface area contributed by atoms with Crippen molar-refractivity contribution in [1.29, 1.82) is 5.26 Å². The van der Waals surface area contributed by atoms with Crippen LogP contribution in [0.1, 0.15) is 54.4 Å². The van der Waals surface area contributed by atoms with Crippen molar-refractivity contribution in [3.05, 3.63) is 59.8 Å². The van der Waals surface area contributed by atoms with Crippen molar-refractivity contribution in [2.45, 2.75) is 44.6 Å². The van der Waals surface area contributed by atoms with E-state index in [2.05, 4.69) is 20.9 Å². The first-order valence-electron chi connectivity index (χ1n) is 10.7. The van der Waals surface area contributed by atoms with E-state index in [0.717, 1.165) is 56.7 Å². The molecular formula is C24H28N4O. The highest BCUT2D eigenvalue weighted by molar-refractivity contribution is 5.94. The third-order valence-electron chi connectivity index (χ3n) is 6.37. The number of rotatable bonds is 3. The van der Waals surface area contributed by atoms with Crippen LogP contribution >= 0.6 is 0 Å². The Kier molecular flexibility index (Phi) is 6.09. The molecule has 0 N–H and O–H groups in total. The summed E-state index contributed by atoms with van der Waals surface area (Å²) >= 11 is 0. The second-order valence-corrected chi connectivity index (χ2v) is 8.09. The Morgan fingerprint density at radius 3 is 2.52 bits per heavy atom. The minimum absolute atomic E-state index is 0.177. The summed E-state index contributed by atoms with van der Waals surface area (Å²) in [6, 6.07) is 15.9. The summed E-state index contributed by atoms with van der Waals surface area (Å²) in [5.41, 5.74) is 1.44. The summed E-state index contributed by atoms with van der Waals surface area (Å²) in [7, 11) is 0. The molecule has 0 spiro atoms. The van der Waals surface area contributed by atoms with Gasteiger partial charge in [-0.1, -0.05) is 31.0 Å². The molecule has 3 heterocycles. The number of carbonyl (C=O) groups excluding carboxylic acids is 1. The molecule has 5 heteroatoms. The van der Waals surface area contributed by atoms with E-state index >= 15 is 0 Å². The fraction of sp³-hybridized carbons (Fsp3) is 0.458. The van der Waals surface area contributed by atoms with Crippen LogP contribution in [0.5, 0.6) is 0 Å². The van der Waals surface area contributed by atoms with Crippen LogP contribution in [-0.2, 0) is 0 Å². The van der Waals surface area contributed by atoms with Gasteiger partial charge in [-0.2, -0.15) is 5.26 Å². The Bertz CT molecular complexity index is 868. The van der Waals surface area contributed by atoms with E-state index in [-0.39, 0.29) is 5.91 Å². The van der Waals surface area contributed by atoms with Gasteiger partial charge in [0.15, 0.2) is 0 Å². The predicted octanol–water partition coefficient (Wildman–Crippen LogP) is 4.25. The summed E-state index contributed by atoms with van der Waals surface area (Å²) in [4.78, 5) is 22.1. The van der Waals surface area contributed by atoms with Crippen molar-refractivity contribution in [2.24, 2.45) is 5.92 Å². The van der Waals surface area contributed by atoms with Gasteiger partial charge in [0.2, 0.25) is 0 Å². The van der Waals surface area contributed by atoms with Gasteiger partial charge in [0.25, 0.3) is 5.91 Å². The van der Waals surface area contributed by atoms with E-state index in [0.29, 0.717) is 17.5 Å². The minimum atomic E-state index is 0.177. The monoisotopic (exact) mass is 388 g/mol. The van der Waals surface area contributed by atoms with Crippen LogP contribution in [0.2, 0.25) is 0 Å². The number of amides is 1. The highest BCUT2D eigenvalue weighted by atomic mass is 16.2. The van der Waals surface area contributed by atoms with E-state index in [1.54, 1.807) is 6.20 Å². The minimum Gasteiger partial charge on any atom is -0.356 e. The van der Waals surface area contributed by atoms with Crippen molar-refractivity contribution in [1.82, 2.24) is 9.88 Å². The third kappa shape index (κ3) is 4.27. The molecule has 2 aliphatic rings. The molecule has 1 aromatic heterocycles. The van der Waals surface area contributed by atoms with Gasteiger partial charge in [0.1, 0.15) is 11.9 Å². The van der Waals surface area contributed by atoms with E-state index in [1.165, 1.54) is 12.8 Å². The summed E-state index contributed by atoms with van der Waals surface area (Å²) < 4.78 is 0. The first kappa shape index (κ1) is 19.4. The molecule has 150 valence electrons. The van der Waals surface area contributed by atoms with E-state index < -0.39 is 0 Å². The summed E-state index contributed by atoms with van der Waals surface area (Å²) in [5.74, 6) is 1.48. The molecule has 1 aromatic carbocycles. The number of nitrogens with zero attached hydrogens (tertiary/aromatic N) is 4.